The first-order chi connectivity index (χ1) is 18.4. The van der Waals surface area contributed by atoms with Crippen molar-refractivity contribution < 1.29 is 19.4 Å². The van der Waals surface area contributed by atoms with Crippen molar-refractivity contribution >= 4 is 17.2 Å². The molecule has 2 heterocycles. The molecule has 1 aliphatic heterocycles. The lowest BCUT2D eigenvalue weighted by molar-refractivity contribution is -0.136. The number of carbonyl (C=O) groups is 1. The topological polar surface area (TPSA) is 62.2 Å². The number of fused-ring (bicyclic) bond motifs is 1. The van der Waals surface area contributed by atoms with Crippen LogP contribution in [0.25, 0.3) is 0 Å². The standard InChI is InChI=1S/C31H40N2O4S/c1-4-32(18-26(34)21-36-20-24-8-6-5-7-9-24)19-31(35)33-16-14-30-28(15-17-38-30)29(33)22-37-27-12-10-25(11-13-27)23(2)3/h5-13,15,17,23,26,29,34H,4,14,16,18-22H2,1-3H3/t26-,29-/m1/s1. The third kappa shape index (κ3) is 7.67. The first-order valence-corrected chi connectivity index (χ1v) is 14.4. The first-order valence-electron chi connectivity index (χ1n) is 13.5. The van der Waals surface area contributed by atoms with Gasteiger partial charge in [0.15, 0.2) is 0 Å². The van der Waals surface area contributed by atoms with Gasteiger partial charge in [-0.2, -0.15) is 0 Å². The molecule has 2 atom stereocenters. The zero-order valence-electron chi connectivity index (χ0n) is 22.7. The Bertz CT molecular complexity index is 1130. The molecule has 38 heavy (non-hydrogen) atoms. The fraction of sp³-hybridized carbons (Fsp3) is 0.452. The lowest BCUT2D eigenvalue weighted by Gasteiger charge is -2.37. The van der Waals surface area contributed by atoms with Gasteiger partial charge >= 0.3 is 0 Å². The second-order valence-electron chi connectivity index (χ2n) is 10.2. The zero-order chi connectivity index (χ0) is 26.9. The summed E-state index contributed by atoms with van der Waals surface area (Å²) in [6, 6.07) is 20.2. The maximum Gasteiger partial charge on any atom is 0.237 e. The first kappa shape index (κ1) is 28.3. The molecule has 0 fully saturated rings. The number of ether oxygens (including phenoxy) is 2. The summed E-state index contributed by atoms with van der Waals surface area (Å²) in [6.45, 7) is 9.46. The van der Waals surface area contributed by atoms with Gasteiger partial charge < -0.3 is 19.5 Å². The highest BCUT2D eigenvalue weighted by Crippen LogP contribution is 2.34. The molecule has 4 rings (SSSR count). The van der Waals surface area contributed by atoms with E-state index < -0.39 is 6.10 Å². The highest BCUT2D eigenvalue weighted by molar-refractivity contribution is 7.10. The summed E-state index contributed by atoms with van der Waals surface area (Å²) in [5.74, 6) is 1.35. The second kappa shape index (κ2) is 13.9. The molecule has 0 radical (unpaired) electrons. The van der Waals surface area contributed by atoms with Crippen molar-refractivity contribution in [3.05, 3.63) is 87.6 Å². The Kier molecular flexibility index (Phi) is 10.4. The highest BCUT2D eigenvalue weighted by atomic mass is 32.1. The number of aliphatic hydroxyl groups excluding tert-OH is 1. The van der Waals surface area contributed by atoms with Crippen LogP contribution in [0.4, 0.5) is 0 Å². The van der Waals surface area contributed by atoms with Gasteiger partial charge in [0, 0.05) is 18.0 Å². The van der Waals surface area contributed by atoms with Crippen LogP contribution >= 0.6 is 11.3 Å². The van der Waals surface area contributed by atoms with Gasteiger partial charge in [0.2, 0.25) is 5.91 Å². The van der Waals surface area contributed by atoms with Gasteiger partial charge in [-0.25, -0.2) is 0 Å². The predicted octanol–water partition coefficient (Wildman–Crippen LogP) is 5.28. The lowest BCUT2D eigenvalue weighted by Crippen LogP contribution is -2.48. The fourth-order valence-corrected chi connectivity index (χ4v) is 5.75. The predicted molar refractivity (Wildman–Crippen MR) is 153 cm³/mol. The average molecular weight is 537 g/mol. The van der Waals surface area contributed by atoms with Gasteiger partial charge in [-0.3, -0.25) is 9.69 Å². The lowest BCUT2D eigenvalue weighted by atomic mass is 10.00. The van der Waals surface area contributed by atoms with E-state index in [4.69, 9.17) is 9.47 Å². The van der Waals surface area contributed by atoms with E-state index in [1.165, 1.54) is 16.0 Å². The number of carbonyl (C=O) groups excluding carboxylic acids is 1. The molecule has 204 valence electrons. The summed E-state index contributed by atoms with van der Waals surface area (Å²) in [4.78, 5) is 18.8. The Morgan fingerprint density at radius 3 is 2.61 bits per heavy atom. The summed E-state index contributed by atoms with van der Waals surface area (Å²) in [5, 5.41) is 12.7. The summed E-state index contributed by atoms with van der Waals surface area (Å²) in [7, 11) is 0. The van der Waals surface area contributed by atoms with Crippen molar-refractivity contribution in [3.8, 4) is 5.75 Å². The van der Waals surface area contributed by atoms with E-state index in [1.54, 1.807) is 11.3 Å². The van der Waals surface area contributed by atoms with Crippen LogP contribution in [0.3, 0.4) is 0 Å². The molecular weight excluding hydrogens is 496 g/mol. The number of hydrogen-bond acceptors (Lipinski definition) is 6. The van der Waals surface area contributed by atoms with Crippen LogP contribution in [0.2, 0.25) is 0 Å². The van der Waals surface area contributed by atoms with Crippen molar-refractivity contribution in [2.24, 2.45) is 0 Å². The number of likely N-dealkylation sites (N-methyl/N-ethyl adjacent to an activating group) is 1. The van der Waals surface area contributed by atoms with E-state index in [9.17, 15) is 9.90 Å². The van der Waals surface area contributed by atoms with Gasteiger partial charge in [-0.15, -0.1) is 11.3 Å². The minimum Gasteiger partial charge on any atom is -0.491 e. The van der Waals surface area contributed by atoms with E-state index in [2.05, 4.69) is 37.4 Å². The molecule has 2 aromatic carbocycles. The molecule has 1 aliphatic rings. The van der Waals surface area contributed by atoms with Crippen LogP contribution in [-0.4, -0.2) is 66.3 Å². The van der Waals surface area contributed by atoms with Crippen molar-refractivity contribution in [2.45, 2.75) is 51.9 Å². The summed E-state index contributed by atoms with van der Waals surface area (Å²) < 4.78 is 11.9. The van der Waals surface area contributed by atoms with Gasteiger partial charge in [0.25, 0.3) is 0 Å². The molecule has 0 saturated heterocycles. The quantitative estimate of drug-likeness (QED) is 0.322. The molecular formula is C31H40N2O4S. The zero-order valence-corrected chi connectivity index (χ0v) is 23.5. The Hall–Kier alpha value is -2.71. The van der Waals surface area contributed by atoms with E-state index >= 15 is 0 Å². The number of rotatable bonds is 13. The molecule has 6 nitrogen and oxygen atoms in total. The molecule has 1 aromatic heterocycles. The van der Waals surface area contributed by atoms with Crippen LogP contribution in [0.15, 0.2) is 66.0 Å². The monoisotopic (exact) mass is 536 g/mol. The second-order valence-corrected chi connectivity index (χ2v) is 11.2. The van der Waals surface area contributed by atoms with Gasteiger partial charge in [-0.1, -0.05) is 63.2 Å². The van der Waals surface area contributed by atoms with Crippen molar-refractivity contribution in [3.63, 3.8) is 0 Å². The van der Waals surface area contributed by atoms with Gasteiger partial charge in [-0.05, 0) is 59.2 Å². The molecule has 0 saturated carbocycles. The minimum absolute atomic E-state index is 0.0601. The summed E-state index contributed by atoms with van der Waals surface area (Å²) >= 11 is 1.75. The van der Waals surface area contributed by atoms with Gasteiger partial charge in [0.1, 0.15) is 12.4 Å². The fourth-order valence-electron chi connectivity index (χ4n) is 4.82. The van der Waals surface area contributed by atoms with Crippen LogP contribution in [-0.2, 0) is 22.6 Å². The van der Waals surface area contributed by atoms with Crippen LogP contribution in [0.1, 0.15) is 54.3 Å². The maximum absolute atomic E-state index is 13.5. The summed E-state index contributed by atoms with van der Waals surface area (Å²) in [6.07, 6.45) is 0.199. The number of nitrogens with zero attached hydrogens (tertiary/aromatic N) is 2. The molecule has 0 unspecified atom stereocenters. The smallest absolute Gasteiger partial charge is 0.237 e. The normalized spacial score (nSPS) is 16.1. The third-order valence-corrected chi connectivity index (χ3v) is 8.06. The van der Waals surface area contributed by atoms with E-state index in [0.717, 1.165) is 17.7 Å². The molecule has 0 spiro atoms. The number of hydrogen-bond donors (Lipinski definition) is 1. The van der Waals surface area contributed by atoms with Crippen molar-refractivity contribution in [1.29, 1.82) is 0 Å². The third-order valence-electron chi connectivity index (χ3n) is 7.07. The van der Waals surface area contributed by atoms with E-state index in [-0.39, 0.29) is 25.1 Å². The average Bonchev–Trinajstić information content (AvgIpc) is 3.41. The van der Waals surface area contributed by atoms with Gasteiger partial charge in [0.05, 0.1) is 31.9 Å². The van der Waals surface area contributed by atoms with Crippen molar-refractivity contribution in [1.82, 2.24) is 9.80 Å². The Labute approximate surface area is 230 Å². The largest absolute Gasteiger partial charge is 0.491 e. The van der Waals surface area contributed by atoms with Crippen molar-refractivity contribution in [2.75, 3.05) is 39.4 Å². The Morgan fingerprint density at radius 2 is 1.89 bits per heavy atom. The van der Waals surface area contributed by atoms with E-state index in [1.807, 2.05) is 59.2 Å². The molecule has 3 aromatic rings. The molecule has 1 N–H and O–H groups in total. The SMILES string of the molecule is CCN(CC(=O)N1CCc2sccc2[C@H]1COc1ccc(C(C)C)cc1)C[C@@H](O)COCc1ccccc1. The van der Waals surface area contributed by atoms with Crippen LogP contribution in [0, 0.1) is 0 Å². The highest BCUT2D eigenvalue weighted by Gasteiger charge is 2.33. The molecule has 1 amide bonds. The summed E-state index contributed by atoms with van der Waals surface area (Å²) in [5.41, 5.74) is 3.54. The molecule has 0 bridgehead atoms. The van der Waals surface area contributed by atoms with Crippen LogP contribution in [0.5, 0.6) is 5.75 Å². The Morgan fingerprint density at radius 1 is 1.13 bits per heavy atom. The number of aliphatic hydroxyl groups is 1. The molecule has 7 heteroatoms. The number of thiophene rings is 1. The molecule has 0 aliphatic carbocycles. The number of amides is 1. The number of benzene rings is 2. The Balaban J connectivity index is 1.33. The van der Waals surface area contributed by atoms with Crippen LogP contribution < -0.4 is 4.74 Å². The minimum atomic E-state index is -0.663. The van der Waals surface area contributed by atoms with E-state index in [0.29, 0.717) is 38.8 Å². The maximum atomic E-state index is 13.5.